The van der Waals surface area contributed by atoms with Crippen LogP contribution in [0.15, 0.2) is 30.6 Å². The van der Waals surface area contributed by atoms with E-state index >= 15 is 0 Å². The molecule has 3 heteroatoms. The van der Waals surface area contributed by atoms with Gasteiger partial charge in [0.1, 0.15) is 12.2 Å². The molecule has 3 nitrogen and oxygen atoms in total. The van der Waals surface area contributed by atoms with E-state index in [2.05, 4.69) is 62.0 Å². The van der Waals surface area contributed by atoms with Gasteiger partial charge in [0.15, 0.2) is 0 Å². The number of benzene rings is 1. The topological polar surface area (TPSA) is 30.7 Å². The van der Waals surface area contributed by atoms with E-state index < -0.39 is 0 Å². The van der Waals surface area contributed by atoms with Gasteiger partial charge in [-0.15, -0.1) is 0 Å². The monoisotopic (exact) mass is 255 g/mol. The molecule has 0 saturated carbocycles. The molecule has 1 aromatic heterocycles. The molecule has 0 spiro atoms. The van der Waals surface area contributed by atoms with E-state index in [0.29, 0.717) is 0 Å². The quantitative estimate of drug-likeness (QED) is 0.820. The fraction of sp³-hybridized carbons (Fsp3) is 0.500. The first-order chi connectivity index (χ1) is 9.08. The highest BCUT2D eigenvalue weighted by atomic mass is 15.3. The van der Waals surface area contributed by atoms with Crippen molar-refractivity contribution in [1.82, 2.24) is 14.8 Å². The van der Waals surface area contributed by atoms with Gasteiger partial charge in [-0.2, -0.15) is 5.10 Å². The highest BCUT2D eigenvalue weighted by Gasteiger charge is 2.51. The van der Waals surface area contributed by atoms with Gasteiger partial charge in [0.05, 0.1) is 5.69 Å². The standard InChI is InChI=1S/C16H21N3/c1-5-16(6-2)14-17-11-18-19(14)13-10-8-7-9-12(13)15(16,3)4/h7-11H,5-6H2,1-4H3. The van der Waals surface area contributed by atoms with Crippen LogP contribution >= 0.6 is 0 Å². The first-order valence-electron chi connectivity index (χ1n) is 7.09. The Bertz CT molecular complexity index is 606. The maximum Gasteiger partial charge on any atom is 0.139 e. The first-order valence-corrected chi connectivity index (χ1v) is 7.09. The first kappa shape index (κ1) is 12.4. The molecule has 100 valence electrons. The molecule has 3 rings (SSSR count). The van der Waals surface area contributed by atoms with Gasteiger partial charge in [-0.05, 0) is 24.5 Å². The molecule has 1 aliphatic heterocycles. The lowest BCUT2D eigenvalue weighted by molar-refractivity contribution is 0.202. The second-order valence-electron chi connectivity index (χ2n) is 5.93. The van der Waals surface area contributed by atoms with Crippen molar-refractivity contribution in [2.45, 2.75) is 51.4 Å². The van der Waals surface area contributed by atoms with Crippen LogP contribution in [-0.4, -0.2) is 14.8 Å². The summed E-state index contributed by atoms with van der Waals surface area (Å²) in [7, 11) is 0. The third-order valence-corrected chi connectivity index (χ3v) is 5.18. The predicted molar refractivity (Wildman–Crippen MR) is 76.6 cm³/mol. The Morgan fingerprint density at radius 3 is 2.47 bits per heavy atom. The maximum absolute atomic E-state index is 4.60. The van der Waals surface area contributed by atoms with Crippen LogP contribution in [0.1, 0.15) is 51.9 Å². The van der Waals surface area contributed by atoms with Crippen molar-refractivity contribution in [3.05, 3.63) is 42.0 Å². The molecule has 0 bridgehead atoms. The molecule has 19 heavy (non-hydrogen) atoms. The second-order valence-corrected chi connectivity index (χ2v) is 5.93. The summed E-state index contributed by atoms with van der Waals surface area (Å²) in [5, 5.41) is 4.46. The highest BCUT2D eigenvalue weighted by molar-refractivity contribution is 5.52. The molecular weight excluding hydrogens is 234 g/mol. The van der Waals surface area contributed by atoms with E-state index in [-0.39, 0.29) is 10.8 Å². The SMILES string of the molecule is CCC1(CC)c2ncnn2-c2ccccc2C1(C)C. The third-order valence-electron chi connectivity index (χ3n) is 5.18. The minimum Gasteiger partial charge on any atom is -0.219 e. The number of para-hydroxylation sites is 1. The van der Waals surface area contributed by atoms with Gasteiger partial charge in [0.25, 0.3) is 0 Å². The Balaban J connectivity index is 2.40. The summed E-state index contributed by atoms with van der Waals surface area (Å²) >= 11 is 0. The lowest BCUT2D eigenvalue weighted by Gasteiger charge is -2.49. The number of aromatic nitrogens is 3. The van der Waals surface area contributed by atoms with Crippen LogP contribution in [0.4, 0.5) is 0 Å². The number of hydrogen-bond donors (Lipinski definition) is 0. The largest absolute Gasteiger partial charge is 0.219 e. The van der Waals surface area contributed by atoms with Crippen LogP contribution < -0.4 is 0 Å². The zero-order valence-electron chi connectivity index (χ0n) is 12.1. The van der Waals surface area contributed by atoms with Crippen molar-refractivity contribution >= 4 is 0 Å². The molecule has 0 aliphatic carbocycles. The maximum atomic E-state index is 4.60. The summed E-state index contributed by atoms with van der Waals surface area (Å²) in [6, 6.07) is 8.58. The molecule has 0 amide bonds. The number of rotatable bonds is 2. The molecule has 0 atom stereocenters. The van der Waals surface area contributed by atoms with E-state index in [1.807, 2.05) is 4.68 Å². The van der Waals surface area contributed by atoms with Gasteiger partial charge in [0, 0.05) is 10.8 Å². The zero-order valence-corrected chi connectivity index (χ0v) is 12.1. The van der Waals surface area contributed by atoms with Crippen LogP contribution in [0, 0.1) is 0 Å². The van der Waals surface area contributed by atoms with Crippen LogP contribution in [0.2, 0.25) is 0 Å². The Morgan fingerprint density at radius 1 is 1.11 bits per heavy atom. The van der Waals surface area contributed by atoms with Gasteiger partial charge >= 0.3 is 0 Å². The molecular formula is C16H21N3. The number of fused-ring (bicyclic) bond motifs is 3. The van der Waals surface area contributed by atoms with Gasteiger partial charge in [-0.25, -0.2) is 9.67 Å². The Morgan fingerprint density at radius 2 is 1.79 bits per heavy atom. The van der Waals surface area contributed by atoms with Crippen LogP contribution in [0.5, 0.6) is 0 Å². The van der Waals surface area contributed by atoms with E-state index in [0.717, 1.165) is 18.7 Å². The lowest BCUT2D eigenvalue weighted by atomic mass is 9.57. The van der Waals surface area contributed by atoms with Gasteiger partial charge in [-0.3, -0.25) is 0 Å². The van der Waals surface area contributed by atoms with Crippen molar-refractivity contribution in [3.63, 3.8) is 0 Å². The lowest BCUT2D eigenvalue weighted by Crippen LogP contribution is -2.49. The molecule has 1 aromatic carbocycles. The molecule has 0 fully saturated rings. The number of nitrogens with zero attached hydrogens (tertiary/aromatic N) is 3. The molecule has 2 heterocycles. The highest BCUT2D eigenvalue weighted by Crippen LogP contribution is 2.52. The van der Waals surface area contributed by atoms with E-state index in [1.165, 1.54) is 11.3 Å². The van der Waals surface area contributed by atoms with Gasteiger partial charge < -0.3 is 0 Å². The zero-order chi connectivity index (χ0) is 13.7. The molecule has 1 aliphatic rings. The van der Waals surface area contributed by atoms with Crippen molar-refractivity contribution in [3.8, 4) is 5.69 Å². The Kier molecular flexibility index (Phi) is 2.56. The molecule has 0 N–H and O–H groups in total. The van der Waals surface area contributed by atoms with Gasteiger partial charge in [0.2, 0.25) is 0 Å². The Labute approximate surface area is 114 Å². The molecule has 2 aromatic rings. The predicted octanol–water partition coefficient (Wildman–Crippen LogP) is 3.62. The minimum atomic E-state index is 0.0534. The average molecular weight is 255 g/mol. The fourth-order valence-electron chi connectivity index (χ4n) is 3.92. The summed E-state index contributed by atoms with van der Waals surface area (Å²) in [5.41, 5.74) is 2.67. The number of hydrogen-bond acceptors (Lipinski definition) is 2. The summed E-state index contributed by atoms with van der Waals surface area (Å²) < 4.78 is 2.04. The van der Waals surface area contributed by atoms with E-state index in [1.54, 1.807) is 6.33 Å². The fourth-order valence-corrected chi connectivity index (χ4v) is 3.92. The van der Waals surface area contributed by atoms with Crippen molar-refractivity contribution < 1.29 is 0 Å². The average Bonchev–Trinajstić information content (AvgIpc) is 2.90. The molecule has 0 radical (unpaired) electrons. The normalized spacial score (nSPS) is 18.7. The summed E-state index contributed by atoms with van der Waals surface area (Å²) in [6.07, 6.45) is 3.83. The molecule has 0 saturated heterocycles. The minimum absolute atomic E-state index is 0.0534. The van der Waals surface area contributed by atoms with Crippen molar-refractivity contribution in [1.29, 1.82) is 0 Å². The van der Waals surface area contributed by atoms with Crippen LogP contribution in [0.25, 0.3) is 5.69 Å². The van der Waals surface area contributed by atoms with Crippen LogP contribution in [0.3, 0.4) is 0 Å². The van der Waals surface area contributed by atoms with Crippen molar-refractivity contribution in [2.75, 3.05) is 0 Å². The van der Waals surface area contributed by atoms with E-state index in [9.17, 15) is 0 Å². The molecule has 0 unspecified atom stereocenters. The summed E-state index contributed by atoms with van der Waals surface area (Å²) in [4.78, 5) is 4.60. The second kappa shape index (κ2) is 3.92. The summed E-state index contributed by atoms with van der Waals surface area (Å²) in [5.74, 6) is 1.11. The van der Waals surface area contributed by atoms with E-state index in [4.69, 9.17) is 0 Å². The Hall–Kier alpha value is -1.64. The van der Waals surface area contributed by atoms with Crippen molar-refractivity contribution in [2.24, 2.45) is 0 Å². The third kappa shape index (κ3) is 1.33. The summed E-state index contributed by atoms with van der Waals surface area (Å²) in [6.45, 7) is 9.21. The smallest absolute Gasteiger partial charge is 0.139 e. The van der Waals surface area contributed by atoms with Crippen LogP contribution in [-0.2, 0) is 10.8 Å². The van der Waals surface area contributed by atoms with Gasteiger partial charge in [-0.1, -0.05) is 45.9 Å².